The molecular weight excluding hydrogens is 459 g/mol. The SMILES string of the molecule is N#Cc1ccc(Cn2c(N3CCCC(N)C3)nc3c(Cl)cccc32)cc1.O=C(O)C(F)(F)F. The van der Waals surface area contributed by atoms with E-state index in [0.29, 0.717) is 17.1 Å². The number of nitrogens with two attached hydrogens (primary N) is 1. The molecule has 1 unspecified atom stereocenters. The molecular formula is C22H21ClF3N5O2. The molecule has 7 nitrogen and oxygen atoms in total. The molecule has 3 aromatic rings. The minimum atomic E-state index is -5.08. The molecule has 1 fully saturated rings. The van der Waals surface area contributed by atoms with E-state index in [1.807, 2.05) is 42.5 Å². The molecule has 0 spiro atoms. The van der Waals surface area contributed by atoms with E-state index < -0.39 is 12.1 Å². The minimum absolute atomic E-state index is 0.169. The number of aliphatic carboxylic acids is 1. The number of carboxylic acids is 1. The van der Waals surface area contributed by atoms with Crippen molar-refractivity contribution >= 4 is 34.6 Å². The number of carbonyl (C=O) groups is 1. The van der Waals surface area contributed by atoms with Crippen molar-refractivity contribution in [2.24, 2.45) is 5.73 Å². The first-order valence-corrected chi connectivity index (χ1v) is 10.4. The van der Waals surface area contributed by atoms with Crippen LogP contribution >= 0.6 is 11.6 Å². The summed E-state index contributed by atoms with van der Waals surface area (Å²) in [5.74, 6) is -1.85. The monoisotopic (exact) mass is 479 g/mol. The number of halogens is 4. The van der Waals surface area contributed by atoms with Gasteiger partial charge in [0.1, 0.15) is 5.52 Å². The number of imidazole rings is 1. The fraction of sp³-hybridized carbons (Fsp3) is 0.318. The molecule has 0 bridgehead atoms. The van der Waals surface area contributed by atoms with Gasteiger partial charge in [0.05, 0.1) is 28.7 Å². The summed E-state index contributed by atoms with van der Waals surface area (Å²) in [6, 6.07) is 15.9. The van der Waals surface area contributed by atoms with Crippen LogP contribution in [0.15, 0.2) is 42.5 Å². The normalized spacial score (nSPS) is 16.1. The maximum absolute atomic E-state index is 10.6. The maximum atomic E-state index is 10.6. The van der Waals surface area contributed by atoms with Gasteiger partial charge in [0.25, 0.3) is 0 Å². The van der Waals surface area contributed by atoms with Gasteiger partial charge >= 0.3 is 12.1 Å². The van der Waals surface area contributed by atoms with Crippen LogP contribution in [0.4, 0.5) is 19.1 Å². The smallest absolute Gasteiger partial charge is 0.475 e. The van der Waals surface area contributed by atoms with Crippen molar-refractivity contribution in [1.29, 1.82) is 5.26 Å². The van der Waals surface area contributed by atoms with Crippen LogP contribution in [0, 0.1) is 11.3 Å². The number of rotatable bonds is 3. The molecule has 0 aliphatic carbocycles. The molecule has 33 heavy (non-hydrogen) atoms. The zero-order chi connectivity index (χ0) is 24.2. The number of benzene rings is 2. The third-order valence-electron chi connectivity index (χ3n) is 5.12. The summed E-state index contributed by atoms with van der Waals surface area (Å²) in [5.41, 5.74) is 9.79. The lowest BCUT2D eigenvalue weighted by Crippen LogP contribution is -2.44. The second-order valence-electron chi connectivity index (χ2n) is 7.57. The van der Waals surface area contributed by atoms with Gasteiger partial charge in [0.15, 0.2) is 0 Å². The van der Waals surface area contributed by atoms with E-state index >= 15 is 0 Å². The summed E-state index contributed by atoms with van der Waals surface area (Å²) in [7, 11) is 0. The Bertz CT molecular complexity index is 1170. The van der Waals surface area contributed by atoms with E-state index in [9.17, 15) is 13.2 Å². The van der Waals surface area contributed by atoms with E-state index in [-0.39, 0.29) is 6.04 Å². The fourth-order valence-electron chi connectivity index (χ4n) is 3.56. The highest BCUT2D eigenvalue weighted by Crippen LogP contribution is 2.30. The van der Waals surface area contributed by atoms with Crippen molar-refractivity contribution in [2.75, 3.05) is 18.0 Å². The topological polar surface area (TPSA) is 108 Å². The lowest BCUT2D eigenvalue weighted by Gasteiger charge is -2.32. The zero-order valence-corrected chi connectivity index (χ0v) is 18.1. The van der Waals surface area contributed by atoms with Gasteiger partial charge in [-0.2, -0.15) is 18.4 Å². The number of anilines is 1. The predicted octanol–water partition coefficient (Wildman–Crippen LogP) is 4.17. The molecule has 3 N–H and O–H groups in total. The molecule has 174 valence electrons. The largest absolute Gasteiger partial charge is 0.490 e. The standard InChI is InChI=1S/C20H20ClN5.C2HF3O2/c21-17-4-1-5-18-19(17)24-20(25-10-2-3-16(23)13-25)26(18)12-15-8-6-14(11-22)7-9-15;3-2(4,5)1(6)7/h1,4-9,16H,2-3,10,12-13,23H2;(H,6,7). The zero-order valence-electron chi connectivity index (χ0n) is 17.4. The minimum Gasteiger partial charge on any atom is -0.475 e. The Morgan fingerprint density at radius 1 is 1.27 bits per heavy atom. The Morgan fingerprint density at radius 2 is 1.94 bits per heavy atom. The van der Waals surface area contributed by atoms with Crippen molar-refractivity contribution in [3.8, 4) is 6.07 Å². The number of fused-ring (bicyclic) bond motifs is 1. The third-order valence-corrected chi connectivity index (χ3v) is 5.42. The van der Waals surface area contributed by atoms with Crippen molar-refractivity contribution < 1.29 is 23.1 Å². The van der Waals surface area contributed by atoms with E-state index in [1.165, 1.54) is 0 Å². The fourth-order valence-corrected chi connectivity index (χ4v) is 3.77. The summed E-state index contributed by atoms with van der Waals surface area (Å²) in [4.78, 5) is 16.0. The lowest BCUT2D eigenvalue weighted by atomic mass is 10.1. The number of piperidine rings is 1. The second-order valence-corrected chi connectivity index (χ2v) is 7.97. The molecule has 1 aliphatic heterocycles. The third kappa shape index (κ3) is 5.94. The molecule has 11 heteroatoms. The molecule has 2 heterocycles. The summed E-state index contributed by atoms with van der Waals surface area (Å²) < 4.78 is 33.9. The average Bonchev–Trinajstić information content (AvgIpc) is 3.14. The summed E-state index contributed by atoms with van der Waals surface area (Å²) in [5, 5.41) is 16.8. The highest BCUT2D eigenvalue weighted by atomic mass is 35.5. The van der Waals surface area contributed by atoms with Crippen molar-refractivity contribution in [1.82, 2.24) is 9.55 Å². The van der Waals surface area contributed by atoms with Crippen molar-refractivity contribution in [3.63, 3.8) is 0 Å². The quantitative estimate of drug-likeness (QED) is 0.583. The van der Waals surface area contributed by atoms with Gasteiger partial charge in [-0.05, 0) is 42.7 Å². The van der Waals surface area contributed by atoms with E-state index in [2.05, 4.69) is 15.5 Å². The Hall–Kier alpha value is -3.29. The first kappa shape index (κ1) is 24.4. The number of carboxylic acid groups (broad SMARTS) is 1. The number of hydrogen-bond donors (Lipinski definition) is 2. The summed E-state index contributed by atoms with van der Waals surface area (Å²) in [6.07, 6.45) is -2.97. The Labute approximate surface area is 192 Å². The number of aromatic nitrogens is 2. The molecule has 1 atom stereocenters. The van der Waals surface area contributed by atoms with Crippen LogP contribution in [0.25, 0.3) is 11.0 Å². The highest BCUT2D eigenvalue weighted by molar-refractivity contribution is 6.35. The van der Waals surface area contributed by atoms with Gasteiger partial charge in [-0.3, -0.25) is 0 Å². The van der Waals surface area contributed by atoms with Crippen LogP contribution in [-0.2, 0) is 11.3 Å². The van der Waals surface area contributed by atoms with Crippen molar-refractivity contribution in [2.45, 2.75) is 31.6 Å². The first-order chi connectivity index (χ1) is 15.6. The molecule has 0 radical (unpaired) electrons. The Kier molecular flexibility index (Phi) is 7.46. The number of alkyl halides is 3. The molecule has 2 aromatic carbocycles. The van der Waals surface area contributed by atoms with E-state index in [1.54, 1.807) is 0 Å². The van der Waals surface area contributed by atoms with Gasteiger partial charge in [0, 0.05) is 19.1 Å². The van der Waals surface area contributed by atoms with Crippen LogP contribution < -0.4 is 10.6 Å². The number of nitrogens with zero attached hydrogens (tertiary/aromatic N) is 4. The van der Waals surface area contributed by atoms with Gasteiger partial charge in [-0.1, -0.05) is 29.8 Å². The summed E-state index contributed by atoms with van der Waals surface area (Å²) in [6.45, 7) is 2.42. The van der Waals surface area contributed by atoms with Gasteiger partial charge in [0.2, 0.25) is 5.95 Å². The second kappa shape index (κ2) is 10.1. The molecule has 1 aromatic heterocycles. The molecule has 0 amide bonds. The Balaban J connectivity index is 0.000000383. The summed E-state index contributed by atoms with van der Waals surface area (Å²) >= 11 is 6.40. The molecule has 1 aliphatic rings. The highest BCUT2D eigenvalue weighted by Gasteiger charge is 2.38. The van der Waals surface area contributed by atoms with Gasteiger partial charge < -0.3 is 20.3 Å². The van der Waals surface area contributed by atoms with Crippen LogP contribution in [0.1, 0.15) is 24.0 Å². The lowest BCUT2D eigenvalue weighted by molar-refractivity contribution is -0.192. The van der Waals surface area contributed by atoms with Crippen LogP contribution in [0.5, 0.6) is 0 Å². The van der Waals surface area contributed by atoms with Gasteiger partial charge in [-0.25, -0.2) is 9.78 Å². The van der Waals surface area contributed by atoms with Crippen molar-refractivity contribution in [3.05, 3.63) is 58.6 Å². The van der Waals surface area contributed by atoms with E-state index in [0.717, 1.165) is 48.5 Å². The molecule has 1 saturated heterocycles. The molecule has 0 saturated carbocycles. The maximum Gasteiger partial charge on any atom is 0.490 e. The number of hydrogen-bond acceptors (Lipinski definition) is 5. The van der Waals surface area contributed by atoms with Crippen LogP contribution in [-0.4, -0.2) is 45.9 Å². The van der Waals surface area contributed by atoms with Crippen LogP contribution in [0.2, 0.25) is 5.02 Å². The Morgan fingerprint density at radius 3 is 2.52 bits per heavy atom. The van der Waals surface area contributed by atoms with E-state index in [4.69, 9.17) is 37.5 Å². The predicted molar refractivity (Wildman–Crippen MR) is 118 cm³/mol. The average molecular weight is 480 g/mol. The van der Waals surface area contributed by atoms with Crippen LogP contribution in [0.3, 0.4) is 0 Å². The number of nitriles is 1. The first-order valence-electron chi connectivity index (χ1n) is 10.0. The number of para-hydroxylation sites is 1. The molecule has 4 rings (SSSR count). The van der Waals surface area contributed by atoms with Gasteiger partial charge in [-0.15, -0.1) is 0 Å².